The molecule has 1 fully saturated rings. The molecule has 2 heterocycles. The predicted molar refractivity (Wildman–Crippen MR) is 114 cm³/mol. The number of hydrogen-bond donors (Lipinski definition) is 1. The van der Waals surface area contributed by atoms with Gasteiger partial charge in [-0.1, -0.05) is 11.6 Å². The number of aromatic nitrogens is 1. The third kappa shape index (κ3) is 4.64. The van der Waals surface area contributed by atoms with Crippen molar-refractivity contribution in [1.82, 2.24) is 10.1 Å². The van der Waals surface area contributed by atoms with Gasteiger partial charge >= 0.3 is 0 Å². The van der Waals surface area contributed by atoms with E-state index in [9.17, 15) is 9.18 Å². The molecule has 0 aliphatic carbocycles. The third-order valence-corrected chi connectivity index (χ3v) is 5.69. The maximum atomic E-state index is 13.5. The number of carbonyl (C=O) groups is 1. The monoisotopic (exact) mass is 427 g/mol. The van der Waals surface area contributed by atoms with E-state index in [0.717, 1.165) is 49.9 Å². The van der Waals surface area contributed by atoms with E-state index in [0.29, 0.717) is 29.3 Å². The average Bonchev–Trinajstić information content (AvgIpc) is 3.19. The van der Waals surface area contributed by atoms with Crippen molar-refractivity contribution in [3.63, 3.8) is 0 Å². The van der Waals surface area contributed by atoms with Gasteiger partial charge in [-0.3, -0.25) is 9.69 Å². The molecule has 1 aliphatic heterocycles. The number of hydrogen-bond acceptors (Lipinski definition) is 6. The lowest BCUT2D eigenvalue weighted by Gasteiger charge is -2.34. The predicted octanol–water partition coefficient (Wildman–Crippen LogP) is 4.07. The van der Waals surface area contributed by atoms with Gasteiger partial charge in [-0.15, -0.1) is 0 Å². The van der Waals surface area contributed by atoms with Crippen molar-refractivity contribution < 1.29 is 23.2 Å². The topological polar surface area (TPSA) is 90.8 Å². The van der Waals surface area contributed by atoms with E-state index in [4.69, 9.17) is 19.7 Å². The molecule has 1 unspecified atom stereocenters. The molecule has 31 heavy (non-hydrogen) atoms. The minimum atomic E-state index is -0.510. The van der Waals surface area contributed by atoms with Crippen molar-refractivity contribution in [1.29, 1.82) is 0 Å². The average molecular weight is 427 g/mol. The number of fused-ring (bicyclic) bond motifs is 1. The van der Waals surface area contributed by atoms with Crippen LogP contribution in [0.1, 0.15) is 47.8 Å². The van der Waals surface area contributed by atoms with Crippen LogP contribution in [0.15, 0.2) is 40.9 Å². The number of nitrogens with zero attached hydrogens (tertiary/aromatic N) is 2. The first-order valence-electron chi connectivity index (χ1n) is 10.5. The summed E-state index contributed by atoms with van der Waals surface area (Å²) in [7, 11) is 1.53. The van der Waals surface area contributed by atoms with Crippen LogP contribution in [0.5, 0.6) is 11.5 Å². The Kier molecular flexibility index (Phi) is 6.36. The highest BCUT2D eigenvalue weighted by molar-refractivity contribution is 5.93. The first-order chi connectivity index (χ1) is 15.1. The molecule has 7 nitrogen and oxygen atoms in total. The Morgan fingerprint density at radius 2 is 2.13 bits per heavy atom. The van der Waals surface area contributed by atoms with Gasteiger partial charge in [-0.25, -0.2) is 4.39 Å². The minimum absolute atomic E-state index is 0.143. The third-order valence-electron chi connectivity index (χ3n) is 5.69. The summed E-state index contributed by atoms with van der Waals surface area (Å²) >= 11 is 0. The molecular weight excluding hydrogens is 401 g/mol. The highest BCUT2D eigenvalue weighted by Gasteiger charge is 2.28. The zero-order valence-corrected chi connectivity index (χ0v) is 17.5. The van der Waals surface area contributed by atoms with Crippen LogP contribution in [0, 0.1) is 5.82 Å². The molecule has 1 atom stereocenters. The molecule has 1 amide bonds. The number of amides is 1. The van der Waals surface area contributed by atoms with E-state index < -0.39 is 5.91 Å². The summed E-state index contributed by atoms with van der Waals surface area (Å²) < 4.78 is 30.1. The van der Waals surface area contributed by atoms with Crippen molar-refractivity contribution in [3.05, 3.63) is 53.5 Å². The van der Waals surface area contributed by atoms with Gasteiger partial charge in [0, 0.05) is 23.6 Å². The number of ether oxygens (including phenoxy) is 2. The summed E-state index contributed by atoms with van der Waals surface area (Å²) in [6.45, 7) is 2.30. The van der Waals surface area contributed by atoms with Crippen molar-refractivity contribution in [2.24, 2.45) is 5.73 Å². The second-order valence-electron chi connectivity index (χ2n) is 7.69. The molecule has 0 bridgehead atoms. The zero-order valence-electron chi connectivity index (χ0n) is 17.5. The van der Waals surface area contributed by atoms with Gasteiger partial charge in [0.15, 0.2) is 17.1 Å². The van der Waals surface area contributed by atoms with Crippen molar-refractivity contribution >= 4 is 16.9 Å². The first kappa shape index (κ1) is 21.1. The lowest BCUT2D eigenvalue weighted by Crippen LogP contribution is -2.35. The fourth-order valence-electron chi connectivity index (χ4n) is 4.13. The number of rotatable bonds is 8. The first-order valence-corrected chi connectivity index (χ1v) is 10.5. The molecule has 2 N–H and O–H groups in total. The van der Waals surface area contributed by atoms with Crippen LogP contribution in [-0.4, -0.2) is 42.8 Å². The van der Waals surface area contributed by atoms with Crippen LogP contribution in [0.2, 0.25) is 0 Å². The van der Waals surface area contributed by atoms with E-state index in [2.05, 4.69) is 10.1 Å². The zero-order chi connectivity index (χ0) is 21.8. The summed E-state index contributed by atoms with van der Waals surface area (Å²) in [4.78, 5) is 13.7. The molecule has 3 aromatic rings. The van der Waals surface area contributed by atoms with Crippen LogP contribution >= 0.6 is 0 Å². The summed E-state index contributed by atoms with van der Waals surface area (Å²) in [5.41, 5.74) is 7.05. The molecular formula is C23H26FN3O4. The minimum Gasteiger partial charge on any atom is -0.493 e. The summed E-state index contributed by atoms with van der Waals surface area (Å²) in [5.74, 6) is 0.219. The number of carbonyl (C=O) groups excluding carboxylic acids is 1. The van der Waals surface area contributed by atoms with Gasteiger partial charge < -0.3 is 19.7 Å². The second kappa shape index (κ2) is 9.34. The smallest absolute Gasteiger partial charge is 0.248 e. The highest BCUT2D eigenvalue weighted by atomic mass is 19.1. The molecule has 164 valence electrons. The molecule has 4 rings (SSSR count). The van der Waals surface area contributed by atoms with Crippen molar-refractivity contribution in [2.75, 3.05) is 26.8 Å². The molecule has 1 aliphatic rings. The number of nitrogens with two attached hydrogens (primary N) is 1. The summed E-state index contributed by atoms with van der Waals surface area (Å²) in [5, 5.41) is 5.13. The standard InChI is InChI=1S/C23H26FN3O4/c1-29-21-13-15(23(25)28)6-9-19(21)30-12-4-11-27-10-3-2-5-18(27)22-17-8-7-16(24)14-20(17)31-26-22/h6-9,13-14,18H,2-5,10-12H2,1H3,(H2,25,28). The molecule has 1 saturated heterocycles. The summed E-state index contributed by atoms with van der Waals surface area (Å²) in [6, 6.07) is 9.61. The van der Waals surface area contributed by atoms with Gasteiger partial charge in [0.05, 0.1) is 19.8 Å². The Bertz CT molecular complexity index is 1070. The lowest BCUT2D eigenvalue weighted by atomic mass is 9.97. The number of likely N-dealkylation sites (tertiary alicyclic amines) is 1. The highest BCUT2D eigenvalue weighted by Crippen LogP contribution is 2.35. The number of halogens is 1. The Morgan fingerprint density at radius 3 is 2.94 bits per heavy atom. The van der Waals surface area contributed by atoms with E-state index in [1.165, 1.54) is 19.2 Å². The molecule has 0 spiro atoms. The number of benzene rings is 2. The van der Waals surface area contributed by atoms with Crippen LogP contribution in [0.3, 0.4) is 0 Å². The van der Waals surface area contributed by atoms with Crippen LogP contribution in [0.25, 0.3) is 11.0 Å². The van der Waals surface area contributed by atoms with E-state index in [-0.39, 0.29) is 11.9 Å². The van der Waals surface area contributed by atoms with Crippen LogP contribution in [-0.2, 0) is 0 Å². The largest absolute Gasteiger partial charge is 0.493 e. The van der Waals surface area contributed by atoms with Gasteiger partial charge in [-0.05, 0) is 56.1 Å². The quantitative estimate of drug-likeness (QED) is 0.545. The van der Waals surface area contributed by atoms with E-state index in [1.54, 1.807) is 24.3 Å². The Balaban J connectivity index is 1.39. The van der Waals surface area contributed by atoms with Crippen LogP contribution in [0.4, 0.5) is 4.39 Å². The van der Waals surface area contributed by atoms with Gasteiger partial charge in [-0.2, -0.15) is 0 Å². The molecule has 2 aromatic carbocycles. The fourth-order valence-corrected chi connectivity index (χ4v) is 4.13. The molecule has 0 radical (unpaired) electrons. The van der Waals surface area contributed by atoms with E-state index >= 15 is 0 Å². The Hall–Kier alpha value is -3.13. The maximum absolute atomic E-state index is 13.5. The van der Waals surface area contributed by atoms with Crippen LogP contribution < -0.4 is 15.2 Å². The Labute approximate surface area is 179 Å². The van der Waals surface area contributed by atoms with Gasteiger partial charge in [0.25, 0.3) is 0 Å². The molecule has 1 aromatic heterocycles. The van der Waals surface area contributed by atoms with E-state index in [1.807, 2.05) is 0 Å². The maximum Gasteiger partial charge on any atom is 0.248 e. The summed E-state index contributed by atoms with van der Waals surface area (Å²) in [6.07, 6.45) is 4.05. The lowest BCUT2D eigenvalue weighted by molar-refractivity contribution is 0.1000. The van der Waals surface area contributed by atoms with Gasteiger partial charge in [0.2, 0.25) is 5.91 Å². The fraction of sp³-hybridized carbons (Fsp3) is 0.391. The van der Waals surface area contributed by atoms with Crippen molar-refractivity contribution in [3.8, 4) is 11.5 Å². The SMILES string of the molecule is COc1cc(C(N)=O)ccc1OCCCN1CCCCC1c1noc2cc(F)ccc12. The second-order valence-corrected chi connectivity index (χ2v) is 7.69. The molecule has 0 saturated carbocycles. The molecule has 8 heteroatoms. The Morgan fingerprint density at radius 1 is 1.26 bits per heavy atom. The normalized spacial score (nSPS) is 17.0. The number of primary amides is 1. The van der Waals surface area contributed by atoms with Crippen molar-refractivity contribution in [2.45, 2.75) is 31.7 Å². The number of piperidine rings is 1. The number of methoxy groups -OCH3 is 1. The van der Waals surface area contributed by atoms with Gasteiger partial charge in [0.1, 0.15) is 11.5 Å².